The summed E-state index contributed by atoms with van der Waals surface area (Å²) in [5.41, 5.74) is 1.63. The van der Waals surface area contributed by atoms with Gasteiger partial charge in [-0.3, -0.25) is 14.5 Å². The molecule has 0 bridgehead atoms. The van der Waals surface area contributed by atoms with Crippen molar-refractivity contribution in [2.24, 2.45) is 0 Å². The fourth-order valence-corrected chi connectivity index (χ4v) is 3.67. The summed E-state index contributed by atoms with van der Waals surface area (Å²) in [5.74, 6) is -1.24. The molecule has 0 saturated heterocycles. The van der Waals surface area contributed by atoms with Gasteiger partial charge < -0.3 is 10.1 Å². The van der Waals surface area contributed by atoms with Crippen LogP contribution in [0.15, 0.2) is 30.3 Å². The number of carbonyl (C=O) groups is 3. The summed E-state index contributed by atoms with van der Waals surface area (Å²) in [6.45, 7) is 5.16. The van der Waals surface area contributed by atoms with Gasteiger partial charge in [0.25, 0.3) is 5.91 Å². The number of nitrogens with one attached hydrogen (secondary N) is 1. The van der Waals surface area contributed by atoms with Crippen molar-refractivity contribution in [2.45, 2.75) is 26.9 Å². The summed E-state index contributed by atoms with van der Waals surface area (Å²) in [7, 11) is 0. The van der Waals surface area contributed by atoms with Crippen molar-refractivity contribution in [3.05, 3.63) is 45.6 Å². The van der Waals surface area contributed by atoms with Crippen molar-refractivity contribution >= 4 is 40.5 Å². The van der Waals surface area contributed by atoms with Crippen LogP contribution in [0.1, 0.15) is 27.0 Å². The Morgan fingerprint density at radius 1 is 1.28 bits per heavy atom. The van der Waals surface area contributed by atoms with Crippen molar-refractivity contribution < 1.29 is 19.1 Å². The third-order valence-electron chi connectivity index (χ3n) is 3.93. The normalized spacial score (nSPS) is 14.5. The van der Waals surface area contributed by atoms with E-state index in [0.717, 1.165) is 9.75 Å². The van der Waals surface area contributed by atoms with E-state index in [1.54, 1.807) is 30.3 Å². The largest absolute Gasteiger partial charge is 0.449 e. The highest BCUT2D eigenvalue weighted by Gasteiger charge is 2.31. The number of hydrogen-bond acceptors (Lipinski definition) is 5. The zero-order chi connectivity index (χ0) is 18.1. The van der Waals surface area contributed by atoms with Gasteiger partial charge in [-0.15, -0.1) is 11.3 Å². The maximum Gasteiger partial charge on any atom is 0.340 e. The molecule has 1 N–H and O–H groups in total. The Bertz CT molecular complexity index is 859. The topological polar surface area (TPSA) is 75.7 Å². The lowest BCUT2D eigenvalue weighted by Gasteiger charge is -2.30. The molecule has 1 atom stereocenters. The lowest BCUT2D eigenvalue weighted by Crippen LogP contribution is -2.47. The van der Waals surface area contributed by atoms with Gasteiger partial charge in [-0.1, -0.05) is 12.1 Å². The van der Waals surface area contributed by atoms with Crippen molar-refractivity contribution in [3.63, 3.8) is 0 Å². The standard InChI is InChI=1S/C18H18N2O4S/c1-10-8-13(12(3)25-10)18(23)24-11(2)17(22)20-9-16(21)19-14-6-4-5-7-15(14)20/h4-8,11H,9H2,1-3H3,(H,19,21)/t11-/m0/s1. The quantitative estimate of drug-likeness (QED) is 0.856. The van der Waals surface area contributed by atoms with Gasteiger partial charge in [0.1, 0.15) is 6.54 Å². The van der Waals surface area contributed by atoms with Crippen molar-refractivity contribution in [1.82, 2.24) is 0 Å². The number of benzene rings is 1. The minimum Gasteiger partial charge on any atom is -0.449 e. The predicted molar refractivity (Wildman–Crippen MR) is 96.1 cm³/mol. The van der Waals surface area contributed by atoms with Crippen molar-refractivity contribution in [2.75, 3.05) is 16.8 Å². The van der Waals surface area contributed by atoms with Gasteiger partial charge in [0.2, 0.25) is 5.91 Å². The van der Waals surface area contributed by atoms with Crippen LogP contribution in [0, 0.1) is 13.8 Å². The number of carbonyl (C=O) groups excluding carboxylic acids is 3. The molecule has 1 aliphatic rings. The molecule has 0 unspecified atom stereocenters. The molecular weight excluding hydrogens is 340 g/mol. The monoisotopic (exact) mass is 358 g/mol. The molecule has 2 amide bonds. The second-order valence-electron chi connectivity index (χ2n) is 5.86. The average Bonchev–Trinajstić information content (AvgIpc) is 2.91. The molecule has 25 heavy (non-hydrogen) atoms. The molecule has 0 saturated carbocycles. The number of thiophene rings is 1. The number of para-hydroxylation sites is 2. The van der Waals surface area contributed by atoms with E-state index < -0.39 is 18.0 Å². The highest BCUT2D eigenvalue weighted by atomic mass is 32.1. The lowest BCUT2D eigenvalue weighted by atomic mass is 10.1. The van der Waals surface area contributed by atoms with Gasteiger partial charge in [0.05, 0.1) is 16.9 Å². The lowest BCUT2D eigenvalue weighted by molar-refractivity contribution is -0.128. The Hall–Kier alpha value is -2.67. The van der Waals surface area contributed by atoms with Crippen LogP contribution in [0.5, 0.6) is 0 Å². The second-order valence-corrected chi connectivity index (χ2v) is 7.32. The maximum atomic E-state index is 12.7. The van der Waals surface area contributed by atoms with Crippen LogP contribution in [-0.2, 0) is 14.3 Å². The van der Waals surface area contributed by atoms with Crippen LogP contribution in [0.3, 0.4) is 0 Å². The number of aryl methyl sites for hydroxylation is 2. The molecule has 0 fully saturated rings. The van der Waals surface area contributed by atoms with E-state index in [2.05, 4.69) is 5.32 Å². The van der Waals surface area contributed by atoms with Gasteiger partial charge in [-0.05, 0) is 39.0 Å². The molecular formula is C18H18N2O4S. The van der Waals surface area contributed by atoms with Crippen LogP contribution in [-0.4, -0.2) is 30.4 Å². The van der Waals surface area contributed by atoms with Gasteiger partial charge >= 0.3 is 5.97 Å². The van der Waals surface area contributed by atoms with Crippen LogP contribution in [0.2, 0.25) is 0 Å². The smallest absolute Gasteiger partial charge is 0.340 e. The fourth-order valence-electron chi connectivity index (χ4n) is 2.76. The maximum absolute atomic E-state index is 12.7. The molecule has 0 radical (unpaired) electrons. The first-order chi connectivity index (χ1) is 11.9. The van der Waals surface area contributed by atoms with Crippen LogP contribution >= 0.6 is 11.3 Å². The zero-order valence-corrected chi connectivity index (χ0v) is 15.0. The number of ether oxygens (including phenoxy) is 1. The Balaban J connectivity index is 1.78. The van der Waals surface area contributed by atoms with E-state index in [0.29, 0.717) is 16.9 Å². The SMILES string of the molecule is Cc1cc(C(=O)O[C@@H](C)C(=O)N2CC(=O)Nc3ccccc32)c(C)s1. The highest BCUT2D eigenvalue weighted by molar-refractivity contribution is 7.12. The summed E-state index contributed by atoms with van der Waals surface area (Å²) in [6.07, 6.45) is -0.994. The summed E-state index contributed by atoms with van der Waals surface area (Å²) >= 11 is 1.50. The number of amides is 2. The van der Waals surface area contributed by atoms with Gasteiger partial charge in [-0.2, -0.15) is 0 Å². The zero-order valence-electron chi connectivity index (χ0n) is 14.2. The molecule has 0 spiro atoms. The molecule has 1 aromatic heterocycles. The molecule has 1 aliphatic heterocycles. The number of fused-ring (bicyclic) bond motifs is 1. The fraction of sp³-hybridized carbons (Fsp3) is 0.278. The first-order valence-corrected chi connectivity index (χ1v) is 8.66. The first kappa shape index (κ1) is 17.2. The summed E-state index contributed by atoms with van der Waals surface area (Å²) in [4.78, 5) is 40.1. The Morgan fingerprint density at radius 2 is 2.00 bits per heavy atom. The number of esters is 1. The number of anilines is 2. The minimum absolute atomic E-state index is 0.103. The van der Waals surface area contributed by atoms with E-state index >= 15 is 0 Å². The predicted octanol–water partition coefficient (Wildman–Crippen LogP) is 2.90. The Labute approximate surface area is 149 Å². The molecule has 7 heteroatoms. The van der Waals surface area contributed by atoms with Crippen LogP contribution in [0.4, 0.5) is 11.4 Å². The van der Waals surface area contributed by atoms with E-state index in [-0.39, 0.29) is 12.5 Å². The molecule has 0 aliphatic carbocycles. The summed E-state index contributed by atoms with van der Waals surface area (Å²) in [5, 5.41) is 2.72. The number of rotatable bonds is 3. The molecule has 1 aromatic carbocycles. The van der Waals surface area contributed by atoms with E-state index in [1.807, 2.05) is 13.8 Å². The minimum atomic E-state index is -0.994. The third-order valence-corrected chi connectivity index (χ3v) is 4.90. The van der Waals surface area contributed by atoms with E-state index in [4.69, 9.17) is 4.74 Å². The highest BCUT2D eigenvalue weighted by Crippen LogP contribution is 2.30. The van der Waals surface area contributed by atoms with E-state index in [9.17, 15) is 14.4 Å². The number of hydrogen-bond donors (Lipinski definition) is 1. The third kappa shape index (κ3) is 3.41. The summed E-state index contributed by atoms with van der Waals surface area (Å²) < 4.78 is 5.34. The molecule has 130 valence electrons. The van der Waals surface area contributed by atoms with Gasteiger partial charge in [0.15, 0.2) is 6.10 Å². The van der Waals surface area contributed by atoms with Gasteiger partial charge in [0, 0.05) is 9.75 Å². The molecule has 2 aromatic rings. The van der Waals surface area contributed by atoms with Crippen molar-refractivity contribution in [3.8, 4) is 0 Å². The van der Waals surface area contributed by atoms with Crippen LogP contribution in [0.25, 0.3) is 0 Å². The van der Waals surface area contributed by atoms with Crippen molar-refractivity contribution in [1.29, 1.82) is 0 Å². The second kappa shape index (κ2) is 6.68. The molecule has 6 nitrogen and oxygen atoms in total. The molecule has 3 rings (SSSR count). The van der Waals surface area contributed by atoms with E-state index in [1.165, 1.54) is 23.2 Å². The molecule has 2 heterocycles. The summed E-state index contributed by atoms with van der Waals surface area (Å²) in [6, 6.07) is 8.78. The Kier molecular flexibility index (Phi) is 4.59. The Morgan fingerprint density at radius 3 is 2.68 bits per heavy atom. The number of nitrogens with zero attached hydrogens (tertiary/aromatic N) is 1. The average molecular weight is 358 g/mol. The van der Waals surface area contributed by atoms with Crippen LogP contribution < -0.4 is 10.2 Å². The first-order valence-electron chi connectivity index (χ1n) is 7.85. The van der Waals surface area contributed by atoms with Gasteiger partial charge in [-0.25, -0.2) is 4.79 Å².